The lowest BCUT2D eigenvalue weighted by Crippen LogP contribution is -2.39. The van der Waals surface area contributed by atoms with E-state index in [0.717, 1.165) is 41.1 Å². The Kier molecular flexibility index (Phi) is 6.25. The van der Waals surface area contributed by atoms with E-state index in [1.54, 1.807) is 0 Å². The second kappa shape index (κ2) is 9.03. The molecule has 0 aromatic carbocycles. The van der Waals surface area contributed by atoms with E-state index in [-0.39, 0.29) is 0 Å². The van der Waals surface area contributed by atoms with Gasteiger partial charge < -0.3 is 10.2 Å². The standard InChI is InChI=1S/C22H34N6/c1-17-20(16-27(2)26-17)21-8-9-22(25-24-21)23-14-18-10-12-28(13-11-18)15-19-6-4-3-5-7-19/h8-9,16,18-19H,3-7,10-15H2,1-2H3,(H,23,25). The van der Waals surface area contributed by atoms with Crippen LogP contribution in [0, 0.1) is 18.8 Å². The van der Waals surface area contributed by atoms with Gasteiger partial charge in [0.2, 0.25) is 0 Å². The fourth-order valence-electron chi connectivity index (χ4n) is 4.78. The van der Waals surface area contributed by atoms with Gasteiger partial charge in [-0.25, -0.2) is 0 Å². The molecule has 0 bridgehead atoms. The third-order valence-corrected chi connectivity index (χ3v) is 6.47. The second-order valence-electron chi connectivity index (χ2n) is 8.73. The molecule has 152 valence electrons. The molecule has 1 aliphatic carbocycles. The van der Waals surface area contributed by atoms with E-state index >= 15 is 0 Å². The first kappa shape index (κ1) is 19.4. The van der Waals surface area contributed by atoms with Gasteiger partial charge in [-0.15, -0.1) is 10.2 Å². The lowest BCUT2D eigenvalue weighted by atomic mass is 9.88. The summed E-state index contributed by atoms with van der Waals surface area (Å²) in [5, 5.41) is 16.6. The summed E-state index contributed by atoms with van der Waals surface area (Å²) < 4.78 is 1.82. The molecule has 6 nitrogen and oxygen atoms in total. The summed E-state index contributed by atoms with van der Waals surface area (Å²) in [7, 11) is 1.93. The summed E-state index contributed by atoms with van der Waals surface area (Å²) >= 11 is 0. The average Bonchev–Trinajstić information content (AvgIpc) is 3.07. The highest BCUT2D eigenvalue weighted by Crippen LogP contribution is 2.26. The monoisotopic (exact) mass is 382 g/mol. The largest absolute Gasteiger partial charge is 0.368 e. The molecule has 3 heterocycles. The number of piperidine rings is 1. The Balaban J connectivity index is 1.21. The first-order valence-corrected chi connectivity index (χ1v) is 11.0. The maximum absolute atomic E-state index is 4.39. The molecule has 28 heavy (non-hydrogen) atoms. The van der Waals surface area contributed by atoms with Gasteiger partial charge in [-0.2, -0.15) is 5.10 Å². The van der Waals surface area contributed by atoms with Gasteiger partial charge in [0.15, 0.2) is 0 Å². The molecular formula is C22H34N6. The number of nitrogens with zero attached hydrogens (tertiary/aromatic N) is 5. The van der Waals surface area contributed by atoms with Crippen molar-refractivity contribution in [3.8, 4) is 11.3 Å². The Bertz CT molecular complexity index is 739. The maximum Gasteiger partial charge on any atom is 0.148 e. The molecule has 0 spiro atoms. The van der Waals surface area contributed by atoms with Crippen LogP contribution >= 0.6 is 0 Å². The van der Waals surface area contributed by atoms with E-state index in [1.807, 2.05) is 37.0 Å². The minimum absolute atomic E-state index is 0.740. The zero-order valence-corrected chi connectivity index (χ0v) is 17.4. The number of aromatic nitrogens is 4. The lowest BCUT2D eigenvalue weighted by molar-refractivity contribution is 0.149. The first-order valence-electron chi connectivity index (χ1n) is 11.0. The normalized spacial score (nSPS) is 19.8. The summed E-state index contributed by atoms with van der Waals surface area (Å²) in [5.74, 6) is 2.57. The molecule has 0 radical (unpaired) electrons. The van der Waals surface area contributed by atoms with Crippen LogP contribution in [0.2, 0.25) is 0 Å². The molecule has 1 saturated carbocycles. The topological polar surface area (TPSA) is 58.9 Å². The van der Waals surface area contributed by atoms with E-state index in [0.29, 0.717) is 0 Å². The quantitative estimate of drug-likeness (QED) is 0.821. The third-order valence-electron chi connectivity index (χ3n) is 6.47. The van der Waals surface area contributed by atoms with Crippen molar-refractivity contribution in [3.63, 3.8) is 0 Å². The average molecular weight is 383 g/mol. The van der Waals surface area contributed by atoms with Crippen LogP contribution in [0.15, 0.2) is 18.3 Å². The number of aryl methyl sites for hydroxylation is 2. The van der Waals surface area contributed by atoms with Gasteiger partial charge >= 0.3 is 0 Å². The van der Waals surface area contributed by atoms with Gasteiger partial charge in [0.25, 0.3) is 0 Å². The fourth-order valence-corrected chi connectivity index (χ4v) is 4.78. The fraction of sp³-hybridized carbons (Fsp3) is 0.682. The molecule has 1 saturated heterocycles. The molecule has 2 aliphatic rings. The highest BCUT2D eigenvalue weighted by atomic mass is 15.3. The molecular weight excluding hydrogens is 348 g/mol. The summed E-state index contributed by atoms with van der Waals surface area (Å²) in [6.45, 7) is 6.85. The van der Waals surface area contributed by atoms with Gasteiger partial charge in [-0.3, -0.25) is 4.68 Å². The van der Waals surface area contributed by atoms with Crippen LogP contribution in [0.5, 0.6) is 0 Å². The van der Waals surface area contributed by atoms with Gasteiger partial charge in [-0.05, 0) is 69.7 Å². The van der Waals surface area contributed by atoms with Crippen molar-refractivity contribution in [2.75, 3.05) is 31.5 Å². The molecule has 2 fully saturated rings. The molecule has 0 unspecified atom stereocenters. The van der Waals surface area contributed by atoms with E-state index < -0.39 is 0 Å². The minimum Gasteiger partial charge on any atom is -0.368 e. The Morgan fingerprint density at radius 3 is 2.43 bits per heavy atom. The SMILES string of the molecule is Cc1nn(C)cc1-c1ccc(NCC2CCN(CC3CCCCC3)CC2)nn1. The predicted molar refractivity (Wildman–Crippen MR) is 113 cm³/mol. The third kappa shape index (κ3) is 4.90. The van der Waals surface area contributed by atoms with E-state index in [9.17, 15) is 0 Å². The van der Waals surface area contributed by atoms with Crippen molar-refractivity contribution in [2.24, 2.45) is 18.9 Å². The van der Waals surface area contributed by atoms with Crippen molar-refractivity contribution in [1.29, 1.82) is 0 Å². The Hall–Kier alpha value is -1.95. The number of rotatable bonds is 6. The number of nitrogens with one attached hydrogen (secondary N) is 1. The molecule has 0 atom stereocenters. The van der Waals surface area contributed by atoms with Crippen LogP contribution in [0.1, 0.15) is 50.6 Å². The predicted octanol–water partition coefficient (Wildman–Crippen LogP) is 3.89. The van der Waals surface area contributed by atoms with Crippen LogP contribution in [0.25, 0.3) is 11.3 Å². The lowest BCUT2D eigenvalue weighted by Gasteiger charge is -2.35. The smallest absolute Gasteiger partial charge is 0.148 e. The summed E-state index contributed by atoms with van der Waals surface area (Å²) in [5.41, 5.74) is 2.91. The van der Waals surface area contributed by atoms with E-state index in [2.05, 4.69) is 25.5 Å². The highest BCUT2D eigenvalue weighted by molar-refractivity contribution is 5.61. The van der Waals surface area contributed by atoms with Crippen molar-refractivity contribution < 1.29 is 0 Å². The molecule has 2 aromatic rings. The Labute approximate surface area is 168 Å². The van der Waals surface area contributed by atoms with Crippen LogP contribution in [-0.4, -0.2) is 51.1 Å². The van der Waals surface area contributed by atoms with Gasteiger partial charge in [0.1, 0.15) is 5.82 Å². The number of hydrogen-bond donors (Lipinski definition) is 1. The van der Waals surface area contributed by atoms with Crippen LogP contribution in [-0.2, 0) is 7.05 Å². The van der Waals surface area contributed by atoms with E-state index in [4.69, 9.17) is 0 Å². The summed E-state index contributed by atoms with van der Waals surface area (Å²) in [6, 6.07) is 4.07. The molecule has 0 amide bonds. The van der Waals surface area contributed by atoms with Crippen molar-refractivity contribution >= 4 is 5.82 Å². The van der Waals surface area contributed by atoms with Crippen LogP contribution in [0.3, 0.4) is 0 Å². The van der Waals surface area contributed by atoms with Gasteiger partial charge in [0, 0.05) is 31.9 Å². The van der Waals surface area contributed by atoms with Gasteiger partial charge in [0.05, 0.1) is 11.4 Å². The zero-order valence-electron chi connectivity index (χ0n) is 17.4. The van der Waals surface area contributed by atoms with Crippen LogP contribution < -0.4 is 5.32 Å². The van der Waals surface area contributed by atoms with Crippen LogP contribution in [0.4, 0.5) is 5.82 Å². The first-order chi connectivity index (χ1) is 13.7. The molecule has 6 heteroatoms. The Morgan fingerprint density at radius 2 is 1.79 bits per heavy atom. The second-order valence-corrected chi connectivity index (χ2v) is 8.73. The Morgan fingerprint density at radius 1 is 1.00 bits per heavy atom. The summed E-state index contributed by atoms with van der Waals surface area (Å²) in [6.07, 6.45) is 11.8. The molecule has 1 aliphatic heterocycles. The highest BCUT2D eigenvalue weighted by Gasteiger charge is 2.22. The van der Waals surface area contributed by atoms with Crippen molar-refractivity contribution in [2.45, 2.75) is 51.9 Å². The van der Waals surface area contributed by atoms with Crippen molar-refractivity contribution in [1.82, 2.24) is 24.9 Å². The molecule has 4 rings (SSSR count). The van der Waals surface area contributed by atoms with Crippen molar-refractivity contribution in [3.05, 3.63) is 24.0 Å². The van der Waals surface area contributed by atoms with Gasteiger partial charge in [-0.1, -0.05) is 19.3 Å². The number of anilines is 1. The minimum atomic E-state index is 0.740. The number of hydrogen-bond acceptors (Lipinski definition) is 5. The zero-order chi connectivity index (χ0) is 19.3. The summed E-state index contributed by atoms with van der Waals surface area (Å²) in [4.78, 5) is 2.71. The molecule has 2 aromatic heterocycles. The maximum atomic E-state index is 4.39. The molecule has 1 N–H and O–H groups in total. The van der Waals surface area contributed by atoms with E-state index in [1.165, 1.54) is 64.6 Å². The number of likely N-dealkylation sites (tertiary alicyclic amines) is 1.